The van der Waals surface area contributed by atoms with Crippen LogP contribution in [0.2, 0.25) is 0 Å². The number of nitrogens with zero attached hydrogens (tertiary/aromatic N) is 1. The van der Waals surface area contributed by atoms with E-state index >= 15 is 0 Å². The summed E-state index contributed by atoms with van der Waals surface area (Å²) >= 11 is 0. The van der Waals surface area contributed by atoms with Crippen LogP contribution in [0.1, 0.15) is 51.9 Å². The van der Waals surface area contributed by atoms with E-state index in [9.17, 15) is 0 Å². The van der Waals surface area contributed by atoms with Crippen molar-refractivity contribution in [1.29, 1.82) is 0 Å². The molecule has 1 N–H and O–H groups in total. The Morgan fingerprint density at radius 1 is 1.11 bits per heavy atom. The van der Waals surface area contributed by atoms with Crippen molar-refractivity contribution in [3.63, 3.8) is 0 Å². The molecular formula is C15H30N2O. The van der Waals surface area contributed by atoms with Gasteiger partial charge in [-0.15, -0.1) is 0 Å². The molecule has 2 unspecified atom stereocenters. The average Bonchev–Trinajstić information content (AvgIpc) is 2.81. The molecular weight excluding hydrogens is 224 g/mol. The summed E-state index contributed by atoms with van der Waals surface area (Å²) in [5.41, 5.74) is 0. The first-order valence-corrected chi connectivity index (χ1v) is 7.92. The lowest BCUT2D eigenvalue weighted by Crippen LogP contribution is -2.43. The normalized spacial score (nSPS) is 28.8. The van der Waals surface area contributed by atoms with Gasteiger partial charge in [0.1, 0.15) is 0 Å². The Hall–Kier alpha value is -0.120. The van der Waals surface area contributed by atoms with Crippen LogP contribution in [0.5, 0.6) is 0 Å². The van der Waals surface area contributed by atoms with Crippen molar-refractivity contribution < 1.29 is 4.74 Å². The first-order valence-electron chi connectivity index (χ1n) is 7.92. The summed E-state index contributed by atoms with van der Waals surface area (Å²) in [6.07, 6.45) is 10.0. The largest absolute Gasteiger partial charge is 0.377 e. The molecule has 2 heterocycles. The maximum absolute atomic E-state index is 5.64. The van der Waals surface area contributed by atoms with Crippen molar-refractivity contribution in [2.45, 2.75) is 64.0 Å². The van der Waals surface area contributed by atoms with Crippen molar-refractivity contribution >= 4 is 0 Å². The predicted molar refractivity (Wildman–Crippen MR) is 76.0 cm³/mol. The second-order valence-corrected chi connectivity index (χ2v) is 5.95. The quantitative estimate of drug-likeness (QED) is 0.815. The number of likely N-dealkylation sites (tertiary alicyclic amines) is 1. The minimum Gasteiger partial charge on any atom is -0.377 e. The van der Waals surface area contributed by atoms with Crippen LogP contribution in [-0.4, -0.2) is 49.8 Å². The zero-order chi connectivity index (χ0) is 12.6. The number of rotatable bonds is 5. The highest BCUT2D eigenvalue weighted by molar-refractivity contribution is 4.74. The van der Waals surface area contributed by atoms with Gasteiger partial charge in [0.25, 0.3) is 0 Å². The summed E-state index contributed by atoms with van der Waals surface area (Å²) in [5.74, 6) is 0. The molecule has 0 bridgehead atoms. The van der Waals surface area contributed by atoms with E-state index in [2.05, 4.69) is 17.1 Å². The van der Waals surface area contributed by atoms with Crippen molar-refractivity contribution in [2.75, 3.05) is 32.8 Å². The zero-order valence-corrected chi connectivity index (χ0v) is 12.0. The van der Waals surface area contributed by atoms with E-state index in [1.54, 1.807) is 0 Å². The number of nitrogens with one attached hydrogen (secondary N) is 1. The van der Waals surface area contributed by atoms with Gasteiger partial charge in [-0.3, -0.25) is 4.90 Å². The van der Waals surface area contributed by atoms with Crippen molar-refractivity contribution in [3.05, 3.63) is 0 Å². The van der Waals surface area contributed by atoms with Gasteiger partial charge in [0.2, 0.25) is 0 Å². The molecule has 2 atom stereocenters. The molecule has 3 heteroatoms. The number of hydrogen-bond donors (Lipinski definition) is 1. The second-order valence-electron chi connectivity index (χ2n) is 5.95. The molecule has 2 rings (SSSR count). The van der Waals surface area contributed by atoms with Crippen LogP contribution in [0.25, 0.3) is 0 Å². The van der Waals surface area contributed by atoms with Gasteiger partial charge in [-0.05, 0) is 45.7 Å². The fourth-order valence-electron chi connectivity index (χ4n) is 3.10. The maximum atomic E-state index is 5.64. The molecule has 0 amide bonds. The molecule has 18 heavy (non-hydrogen) atoms. The van der Waals surface area contributed by atoms with Crippen LogP contribution in [0.15, 0.2) is 0 Å². The van der Waals surface area contributed by atoms with Crippen LogP contribution in [0.3, 0.4) is 0 Å². The van der Waals surface area contributed by atoms with Gasteiger partial charge in [0.15, 0.2) is 0 Å². The van der Waals surface area contributed by atoms with Crippen LogP contribution in [0.4, 0.5) is 0 Å². The first-order chi connectivity index (χ1) is 8.86. The van der Waals surface area contributed by atoms with Gasteiger partial charge in [-0.25, -0.2) is 0 Å². The predicted octanol–water partition coefficient (Wildman–Crippen LogP) is 2.41. The van der Waals surface area contributed by atoms with Crippen LogP contribution >= 0.6 is 0 Å². The number of ether oxygens (including phenoxy) is 1. The summed E-state index contributed by atoms with van der Waals surface area (Å²) < 4.78 is 5.64. The molecule has 106 valence electrons. The molecule has 0 aromatic heterocycles. The van der Waals surface area contributed by atoms with E-state index in [1.807, 2.05) is 0 Å². The molecule has 2 aliphatic rings. The topological polar surface area (TPSA) is 24.5 Å². The minimum absolute atomic E-state index is 0.476. The number of hydrogen-bond acceptors (Lipinski definition) is 3. The van der Waals surface area contributed by atoms with Crippen LogP contribution in [-0.2, 0) is 4.74 Å². The highest BCUT2D eigenvalue weighted by Crippen LogP contribution is 2.13. The van der Waals surface area contributed by atoms with E-state index in [-0.39, 0.29) is 0 Å². The van der Waals surface area contributed by atoms with E-state index in [4.69, 9.17) is 4.74 Å². The van der Waals surface area contributed by atoms with Crippen molar-refractivity contribution in [3.8, 4) is 0 Å². The second kappa shape index (κ2) is 8.13. The van der Waals surface area contributed by atoms with Gasteiger partial charge >= 0.3 is 0 Å². The first kappa shape index (κ1) is 14.3. The van der Waals surface area contributed by atoms with Crippen molar-refractivity contribution in [1.82, 2.24) is 10.2 Å². The average molecular weight is 254 g/mol. The van der Waals surface area contributed by atoms with Crippen molar-refractivity contribution in [2.24, 2.45) is 0 Å². The van der Waals surface area contributed by atoms with Crippen LogP contribution < -0.4 is 5.32 Å². The van der Waals surface area contributed by atoms with Gasteiger partial charge < -0.3 is 10.1 Å². The third-order valence-electron chi connectivity index (χ3n) is 4.35. The zero-order valence-electron chi connectivity index (χ0n) is 12.0. The summed E-state index contributed by atoms with van der Waals surface area (Å²) in [4.78, 5) is 2.67. The van der Waals surface area contributed by atoms with E-state index in [1.165, 1.54) is 58.0 Å². The lowest BCUT2D eigenvalue weighted by Gasteiger charge is -2.31. The van der Waals surface area contributed by atoms with E-state index in [0.717, 1.165) is 19.7 Å². The lowest BCUT2D eigenvalue weighted by molar-refractivity contribution is 0.106. The minimum atomic E-state index is 0.476. The monoisotopic (exact) mass is 254 g/mol. The molecule has 0 radical (unpaired) electrons. The third-order valence-corrected chi connectivity index (χ3v) is 4.35. The highest BCUT2D eigenvalue weighted by Gasteiger charge is 2.17. The van der Waals surface area contributed by atoms with Gasteiger partial charge in [0.05, 0.1) is 6.10 Å². The van der Waals surface area contributed by atoms with E-state index < -0.39 is 0 Å². The van der Waals surface area contributed by atoms with E-state index in [0.29, 0.717) is 12.1 Å². The molecule has 2 fully saturated rings. The summed E-state index contributed by atoms with van der Waals surface area (Å²) in [7, 11) is 0. The van der Waals surface area contributed by atoms with Gasteiger partial charge in [0, 0.05) is 25.7 Å². The lowest BCUT2D eigenvalue weighted by atomic mass is 10.1. The Morgan fingerprint density at radius 2 is 1.83 bits per heavy atom. The molecule has 0 spiro atoms. The van der Waals surface area contributed by atoms with Crippen LogP contribution in [0, 0.1) is 0 Å². The summed E-state index contributed by atoms with van der Waals surface area (Å²) in [6.45, 7) is 8.07. The third kappa shape index (κ3) is 4.87. The molecule has 0 aromatic carbocycles. The fourth-order valence-corrected chi connectivity index (χ4v) is 3.10. The Kier molecular flexibility index (Phi) is 6.46. The molecule has 0 aliphatic carbocycles. The smallest absolute Gasteiger partial charge is 0.0700 e. The molecule has 2 aliphatic heterocycles. The Morgan fingerprint density at radius 3 is 2.50 bits per heavy atom. The van der Waals surface area contributed by atoms with Gasteiger partial charge in [-0.1, -0.05) is 19.3 Å². The molecule has 0 aromatic rings. The molecule has 2 saturated heterocycles. The Bertz CT molecular complexity index is 209. The van der Waals surface area contributed by atoms with Gasteiger partial charge in [-0.2, -0.15) is 0 Å². The summed E-state index contributed by atoms with van der Waals surface area (Å²) in [6, 6.07) is 0.671. The Balaban J connectivity index is 1.60. The Labute approximate surface area is 112 Å². The summed E-state index contributed by atoms with van der Waals surface area (Å²) in [5, 5.41) is 3.59. The molecule has 0 saturated carbocycles. The highest BCUT2D eigenvalue weighted by atomic mass is 16.5. The maximum Gasteiger partial charge on any atom is 0.0700 e. The fraction of sp³-hybridized carbons (Fsp3) is 1.00. The molecule has 3 nitrogen and oxygen atoms in total. The SMILES string of the molecule is CC(CNCC1CCCO1)N1CCCCCCC1. The standard InChI is InChI=1S/C15H30N2O/c1-14(12-16-13-15-8-7-11-18-15)17-9-5-3-2-4-6-10-17/h14-16H,2-13H2,1H3.